The van der Waals surface area contributed by atoms with Crippen LogP contribution in [0, 0.1) is 17.6 Å². The predicted molar refractivity (Wildman–Crippen MR) is 69.1 cm³/mol. The van der Waals surface area contributed by atoms with Gasteiger partial charge in [-0.25, -0.2) is 0 Å². The van der Waals surface area contributed by atoms with Gasteiger partial charge in [-0.2, -0.15) is 5.26 Å². The van der Waals surface area contributed by atoms with Gasteiger partial charge in [-0.3, -0.25) is 0 Å². The van der Waals surface area contributed by atoms with E-state index in [1.807, 2.05) is 19.1 Å². The van der Waals surface area contributed by atoms with Crippen LogP contribution in [0.1, 0.15) is 17.5 Å². The van der Waals surface area contributed by atoms with Crippen molar-refractivity contribution in [2.45, 2.75) is 19.8 Å². The molecule has 0 bridgehead atoms. The van der Waals surface area contributed by atoms with E-state index in [0.29, 0.717) is 0 Å². The van der Waals surface area contributed by atoms with Gasteiger partial charge in [-0.1, -0.05) is 11.6 Å². The van der Waals surface area contributed by atoms with E-state index < -0.39 is 0 Å². The zero-order chi connectivity index (χ0) is 12.0. The Morgan fingerprint density at radius 1 is 1.50 bits per heavy atom. The number of nitriles is 1. The quantitative estimate of drug-likeness (QED) is 0.593. The Morgan fingerprint density at radius 3 is 2.88 bits per heavy atom. The van der Waals surface area contributed by atoms with Crippen LogP contribution >= 0.6 is 23.4 Å². The lowest BCUT2D eigenvalue weighted by atomic mass is 10.1. The van der Waals surface area contributed by atoms with Gasteiger partial charge in [0.15, 0.2) is 0 Å². The molecule has 0 aliphatic heterocycles. The number of thioether (sulfide) groups is 1. The number of halogens is 1. The number of methoxy groups -OCH3 is 1. The molecule has 16 heavy (non-hydrogen) atoms. The van der Waals surface area contributed by atoms with Crippen molar-refractivity contribution in [3.63, 3.8) is 0 Å². The molecule has 0 fully saturated rings. The van der Waals surface area contributed by atoms with Gasteiger partial charge in [0.1, 0.15) is 11.2 Å². The minimum Gasteiger partial charge on any atom is -0.496 e. The Hall–Kier alpha value is -0.850. The van der Waals surface area contributed by atoms with Gasteiger partial charge >= 0.3 is 0 Å². The zero-order valence-corrected chi connectivity index (χ0v) is 11.0. The summed E-state index contributed by atoms with van der Waals surface area (Å²) in [6.45, 7) is 1.96. The number of ether oxygens (including phenoxy) is 1. The van der Waals surface area contributed by atoms with E-state index in [-0.39, 0.29) is 0 Å². The molecule has 0 spiro atoms. The van der Waals surface area contributed by atoms with E-state index >= 15 is 0 Å². The number of nitrogens with zero attached hydrogens (tertiary/aromatic N) is 1. The van der Waals surface area contributed by atoms with Crippen molar-refractivity contribution >= 4 is 23.4 Å². The summed E-state index contributed by atoms with van der Waals surface area (Å²) in [5.41, 5.74) is 2.13. The zero-order valence-electron chi connectivity index (χ0n) is 9.42. The molecule has 0 unspecified atom stereocenters. The van der Waals surface area contributed by atoms with Crippen LogP contribution in [-0.4, -0.2) is 12.9 Å². The summed E-state index contributed by atoms with van der Waals surface area (Å²) >= 11 is 7.35. The van der Waals surface area contributed by atoms with Crippen LogP contribution in [0.5, 0.6) is 5.75 Å². The Labute approximate surface area is 106 Å². The number of aryl methyl sites for hydroxylation is 2. The van der Waals surface area contributed by atoms with Crippen LogP contribution in [-0.2, 0) is 6.42 Å². The molecule has 0 radical (unpaired) electrons. The molecular formula is C12H14ClNOS. The average molecular weight is 256 g/mol. The standard InChI is InChI=1S/C12H14ClNOS/c1-9-6-12(15-2)10(7-11(9)13)4-3-5-16-8-14/h6-7H,3-5H2,1-2H3. The van der Waals surface area contributed by atoms with Gasteiger partial charge in [-0.15, -0.1) is 0 Å². The maximum Gasteiger partial charge on any atom is 0.133 e. The molecule has 0 atom stereocenters. The number of hydrogen-bond acceptors (Lipinski definition) is 3. The molecule has 1 aromatic carbocycles. The molecule has 2 nitrogen and oxygen atoms in total. The second kappa shape index (κ2) is 6.67. The van der Waals surface area contributed by atoms with Crippen molar-refractivity contribution in [2.75, 3.05) is 12.9 Å². The highest BCUT2D eigenvalue weighted by molar-refractivity contribution is 8.03. The molecule has 0 aromatic heterocycles. The third kappa shape index (κ3) is 3.62. The molecule has 4 heteroatoms. The smallest absolute Gasteiger partial charge is 0.133 e. The first kappa shape index (κ1) is 13.2. The number of benzene rings is 1. The molecule has 0 saturated carbocycles. The van der Waals surface area contributed by atoms with Crippen molar-refractivity contribution in [3.8, 4) is 11.2 Å². The molecular weight excluding hydrogens is 242 g/mol. The van der Waals surface area contributed by atoms with Gasteiger partial charge in [0.2, 0.25) is 0 Å². The second-order valence-electron chi connectivity index (χ2n) is 3.46. The summed E-state index contributed by atoms with van der Waals surface area (Å²) in [5, 5.41) is 11.2. The lowest BCUT2D eigenvalue weighted by Gasteiger charge is -2.10. The van der Waals surface area contributed by atoms with Crippen LogP contribution in [0.2, 0.25) is 5.02 Å². The fraction of sp³-hybridized carbons (Fsp3) is 0.417. The molecule has 0 amide bonds. The van der Waals surface area contributed by atoms with Gasteiger partial charge in [-0.05, 0) is 54.8 Å². The van der Waals surface area contributed by atoms with Crippen molar-refractivity contribution in [1.82, 2.24) is 0 Å². The lowest BCUT2D eigenvalue weighted by Crippen LogP contribution is -1.95. The van der Waals surface area contributed by atoms with Crippen molar-refractivity contribution in [3.05, 3.63) is 28.3 Å². The molecule has 0 N–H and O–H groups in total. The molecule has 0 heterocycles. The minimum atomic E-state index is 0.767. The number of thiocyanates is 1. The van der Waals surface area contributed by atoms with E-state index in [1.54, 1.807) is 7.11 Å². The normalized spacial score (nSPS) is 9.88. The van der Waals surface area contributed by atoms with Gasteiger partial charge in [0.25, 0.3) is 0 Å². The SMILES string of the molecule is COc1cc(C)c(Cl)cc1CCCSC#N. The predicted octanol–water partition coefficient (Wildman–Crippen LogP) is 3.80. The number of hydrogen-bond donors (Lipinski definition) is 0. The maximum atomic E-state index is 8.41. The highest BCUT2D eigenvalue weighted by Crippen LogP contribution is 2.27. The van der Waals surface area contributed by atoms with Crippen LogP contribution in [0.3, 0.4) is 0 Å². The van der Waals surface area contributed by atoms with Gasteiger partial charge in [0.05, 0.1) is 7.11 Å². The van der Waals surface area contributed by atoms with Crippen LogP contribution < -0.4 is 4.74 Å². The molecule has 86 valence electrons. The fourth-order valence-electron chi connectivity index (χ4n) is 1.46. The Kier molecular flexibility index (Phi) is 5.51. The highest BCUT2D eigenvalue weighted by Gasteiger charge is 2.06. The topological polar surface area (TPSA) is 33.0 Å². The summed E-state index contributed by atoms with van der Waals surface area (Å²) in [4.78, 5) is 0. The minimum absolute atomic E-state index is 0.767. The summed E-state index contributed by atoms with van der Waals surface area (Å²) < 4.78 is 5.31. The van der Waals surface area contributed by atoms with Gasteiger partial charge in [0, 0.05) is 10.8 Å². The van der Waals surface area contributed by atoms with Crippen molar-refractivity contribution in [1.29, 1.82) is 5.26 Å². The maximum absolute atomic E-state index is 8.41. The van der Waals surface area contributed by atoms with Crippen molar-refractivity contribution in [2.24, 2.45) is 0 Å². The Balaban J connectivity index is 2.71. The lowest BCUT2D eigenvalue weighted by molar-refractivity contribution is 0.409. The van der Waals surface area contributed by atoms with Crippen LogP contribution in [0.25, 0.3) is 0 Å². The Bertz CT molecular complexity index is 401. The van der Waals surface area contributed by atoms with E-state index in [2.05, 4.69) is 5.40 Å². The Morgan fingerprint density at radius 2 is 2.25 bits per heavy atom. The largest absolute Gasteiger partial charge is 0.496 e. The first-order valence-electron chi connectivity index (χ1n) is 5.03. The average Bonchev–Trinajstić information content (AvgIpc) is 2.28. The summed E-state index contributed by atoms with van der Waals surface area (Å²) in [7, 11) is 1.66. The number of rotatable bonds is 5. The fourth-order valence-corrected chi connectivity index (χ4v) is 2.03. The monoisotopic (exact) mass is 255 g/mol. The molecule has 1 rings (SSSR count). The molecule has 0 aliphatic rings. The van der Waals surface area contributed by atoms with E-state index in [4.69, 9.17) is 21.6 Å². The summed E-state index contributed by atoms with van der Waals surface area (Å²) in [5.74, 6) is 1.72. The first-order chi connectivity index (χ1) is 7.69. The summed E-state index contributed by atoms with van der Waals surface area (Å²) in [6, 6.07) is 3.90. The van der Waals surface area contributed by atoms with E-state index in [0.717, 1.165) is 40.5 Å². The molecule has 0 aliphatic carbocycles. The van der Waals surface area contributed by atoms with E-state index in [9.17, 15) is 0 Å². The van der Waals surface area contributed by atoms with Crippen LogP contribution in [0.15, 0.2) is 12.1 Å². The first-order valence-corrected chi connectivity index (χ1v) is 6.39. The third-order valence-corrected chi connectivity index (χ3v) is 3.35. The molecule has 0 saturated heterocycles. The van der Waals surface area contributed by atoms with E-state index in [1.165, 1.54) is 11.8 Å². The van der Waals surface area contributed by atoms with Gasteiger partial charge < -0.3 is 4.74 Å². The molecule has 1 aromatic rings. The highest BCUT2D eigenvalue weighted by atomic mass is 35.5. The van der Waals surface area contributed by atoms with Crippen LogP contribution in [0.4, 0.5) is 0 Å². The summed E-state index contributed by atoms with van der Waals surface area (Å²) in [6.07, 6.45) is 1.84. The van der Waals surface area contributed by atoms with Crippen molar-refractivity contribution < 1.29 is 4.74 Å². The second-order valence-corrected chi connectivity index (χ2v) is 4.74. The third-order valence-electron chi connectivity index (χ3n) is 2.32.